The highest BCUT2D eigenvalue weighted by atomic mass is 19.1. The van der Waals surface area contributed by atoms with Gasteiger partial charge in [0.1, 0.15) is 11.6 Å². The van der Waals surface area contributed by atoms with Gasteiger partial charge in [-0.05, 0) is 49.2 Å². The van der Waals surface area contributed by atoms with Gasteiger partial charge in [-0.15, -0.1) is 0 Å². The van der Waals surface area contributed by atoms with Gasteiger partial charge in [0.15, 0.2) is 6.61 Å². The molecule has 0 unspecified atom stereocenters. The molecule has 2 aromatic rings. The molecule has 0 heterocycles. The van der Waals surface area contributed by atoms with Gasteiger partial charge in [-0.1, -0.05) is 6.07 Å². The van der Waals surface area contributed by atoms with Gasteiger partial charge in [-0.25, -0.2) is 13.6 Å². The maximum Gasteiger partial charge on any atom is 0.341 e. The van der Waals surface area contributed by atoms with E-state index in [1.807, 2.05) is 19.9 Å². The second kappa shape index (κ2) is 7.00. The molecule has 0 aromatic heterocycles. The summed E-state index contributed by atoms with van der Waals surface area (Å²) in [5.74, 6) is -3.42. The number of hydrogen-bond donors (Lipinski definition) is 1. The van der Waals surface area contributed by atoms with Gasteiger partial charge in [0, 0.05) is 11.8 Å². The molecule has 0 saturated carbocycles. The number of ether oxygens (including phenoxy) is 1. The van der Waals surface area contributed by atoms with Crippen LogP contribution in [0.1, 0.15) is 21.5 Å². The molecule has 0 aliphatic heterocycles. The minimum atomic E-state index is -1.04. The monoisotopic (exact) mass is 319 g/mol. The van der Waals surface area contributed by atoms with Crippen LogP contribution in [0.2, 0.25) is 0 Å². The number of carbonyl (C=O) groups is 2. The average molecular weight is 319 g/mol. The molecule has 2 aromatic carbocycles. The molecule has 1 amide bonds. The normalized spacial score (nSPS) is 10.3. The molecule has 0 aliphatic carbocycles. The van der Waals surface area contributed by atoms with E-state index in [4.69, 9.17) is 4.74 Å². The summed E-state index contributed by atoms with van der Waals surface area (Å²) in [6.45, 7) is 3.28. The summed E-state index contributed by atoms with van der Waals surface area (Å²) in [7, 11) is 0. The number of nitrogens with one attached hydrogen (secondary N) is 1. The lowest BCUT2D eigenvalue weighted by molar-refractivity contribution is -0.119. The minimum Gasteiger partial charge on any atom is -0.452 e. The fourth-order valence-corrected chi connectivity index (χ4v) is 1.88. The van der Waals surface area contributed by atoms with E-state index in [2.05, 4.69) is 5.32 Å². The lowest BCUT2D eigenvalue weighted by Crippen LogP contribution is -2.21. The number of anilines is 1. The van der Waals surface area contributed by atoms with Crippen LogP contribution in [0.15, 0.2) is 36.4 Å². The van der Waals surface area contributed by atoms with Crippen LogP contribution in [0.5, 0.6) is 0 Å². The van der Waals surface area contributed by atoms with Crippen LogP contribution >= 0.6 is 0 Å². The summed E-state index contributed by atoms with van der Waals surface area (Å²) in [4.78, 5) is 23.4. The van der Waals surface area contributed by atoms with Crippen LogP contribution in [0.25, 0.3) is 0 Å². The lowest BCUT2D eigenvalue weighted by Gasteiger charge is -2.08. The van der Waals surface area contributed by atoms with Crippen molar-refractivity contribution in [1.29, 1.82) is 0 Å². The molecule has 0 aliphatic rings. The number of rotatable bonds is 4. The van der Waals surface area contributed by atoms with Crippen molar-refractivity contribution in [2.75, 3.05) is 11.9 Å². The van der Waals surface area contributed by atoms with E-state index in [1.165, 1.54) is 0 Å². The third-order valence-electron chi connectivity index (χ3n) is 3.28. The van der Waals surface area contributed by atoms with Crippen molar-refractivity contribution in [2.45, 2.75) is 13.8 Å². The minimum absolute atomic E-state index is 0.426. The Balaban J connectivity index is 1.93. The van der Waals surface area contributed by atoms with E-state index < -0.39 is 35.7 Å². The fourth-order valence-electron chi connectivity index (χ4n) is 1.88. The molecule has 0 saturated heterocycles. The van der Waals surface area contributed by atoms with Crippen LogP contribution in [0.4, 0.5) is 14.5 Å². The molecule has 0 bridgehead atoms. The van der Waals surface area contributed by atoms with Crippen LogP contribution < -0.4 is 5.32 Å². The van der Waals surface area contributed by atoms with Gasteiger partial charge in [0.2, 0.25) is 0 Å². The third-order valence-corrected chi connectivity index (χ3v) is 3.28. The summed E-state index contributed by atoms with van der Waals surface area (Å²) in [5, 5.41) is 2.57. The van der Waals surface area contributed by atoms with E-state index in [9.17, 15) is 18.4 Å². The zero-order chi connectivity index (χ0) is 17.0. The second-order valence-corrected chi connectivity index (χ2v) is 5.05. The molecule has 120 valence electrons. The summed E-state index contributed by atoms with van der Waals surface area (Å²) in [5.41, 5.74) is 2.24. The van der Waals surface area contributed by atoms with Crippen molar-refractivity contribution >= 4 is 17.6 Å². The van der Waals surface area contributed by atoms with Crippen molar-refractivity contribution < 1.29 is 23.1 Å². The summed E-state index contributed by atoms with van der Waals surface area (Å²) >= 11 is 0. The van der Waals surface area contributed by atoms with Gasteiger partial charge >= 0.3 is 5.97 Å². The van der Waals surface area contributed by atoms with Gasteiger partial charge in [-0.3, -0.25) is 4.79 Å². The Morgan fingerprint density at radius 2 is 1.78 bits per heavy atom. The Morgan fingerprint density at radius 1 is 1.04 bits per heavy atom. The molecule has 0 atom stereocenters. The quantitative estimate of drug-likeness (QED) is 0.879. The SMILES string of the molecule is Cc1ccc(NC(=O)COC(=O)c2ccc(F)cc2F)cc1C. The third kappa shape index (κ3) is 4.35. The summed E-state index contributed by atoms with van der Waals surface area (Å²) in [6, 6.07) is 7.84. The van der Waals surface area contributed by atoms with E-state index in [-0.39, 0.29) is 0 Å². The highest BCUT2D eigenvalue weighted by Crippen LogP contribution is 2.14. The maximum absolute atomic E-state index is 13.4. The van der Waals surface area contributed by atoms with Gasteiger partial charge in [0.05, 0.1) is 5.56 Å². The first-order valence-corrected chi connectivity index (χ1v) is 6.86. The topological polar surface area (TPSA) is 55.4 Å². The molecule has 2 rings (SSSR count). The Kier molecular flexibility index (Phi) is 5.05. The van der Waals surface area contributed by atoms with Crippen LogP contribution in [-0.4, -0.2) is 18.5 Å². The Hall–Kier alpha value is -2.76. The zero-order valence-electron chi connectivity index (χ0n) is 12.7. The first-order chi connectivity index (χ1) is 10.9. The van der Waals surface area contributed by atoms with Crippen molar-refractivity contribution in [3.05, 3.63) is 64.7 Å². The van der Waals surface area contributed by atoms with Crippen molar-refractivity contribution in [1.82, 2.24) is 0 Å². The Morgan fingerprint density at radius 3 is 2.43 bits per heavy atom. The number of hydrogen-bond acceptors (Lipinski definition) is 3. The largest absolute Gasteiger partial charge is 0.452 e. The number of halogens is 2. The highest BCUT2D eigenvalue weighted by Gasteiger charge is 2.15. The molecular formula is C17H15F2NO3. The molecule has 0 fully saturated rings. The molecule has 0 radical (unpaired) electrons. The predicted molar refractivity (Wildman–Crippen MR) is 81.2 cm³/mol. The summed E-state index contributed by atoms with van der Waals surface area (Å²) in [6.07, 6.45) is 0. The molecule has 1 N–H and O–H groups in total. The number of carbonyl (C=O) groups excluding carboxylic acids is 2. The average Bonchev–Trinajstić information content (AvgIpc) is 2.48. The predicted octanol–water partition coefficient (Wildman–Crippen LogP) is 3.38. The van der Waals surface area contributed by atoms with Crippen molar-refractivity contribution in [3.63, 3.8) is 0 Å². The number of benzene rings is 2. The van der Waals surface area contributed by atoms with Crippen molar-refractivity contribution in [2.24, 2.45) is 0 Å². The second-order valence-electron chi connectivity index (χ2n) is 5.05. The maximum atomic E-state index is 13.4. The zero-order valence-corrected chi connectivity index (χ0v) is 12.7. The standard InChI is InChI=1S/C17H15F2NO3/c1-10-3-5-13(7-11(10)2)20-16(21)9-23-17(22)14-6-4-12(18)8-15(14)19/h3-8H,9H2,1-2H3,(H,20,21). The molecule has 0 spiro atoms. The Labute approximate surface area is 132 Å². The van der Waals surface area contributed by atoms with Gasteiger partial charge < -0.3 is 10.1 Å². The Bertz CT molecular complexity index is 759. The summed E-state index contributed by atoms with van der Waals surface area (Å²) < 4.78 is 30.9. The first-order valence-electron chi connectivity index (χ1n) is 6.86. The molecule has 6 heteroatoms. The van der Waals surface area contributed by atoms with Gasteiger partial charge in [0.25, 0.3) is 5.91 Å². The van der Waals surface area contributed by atoms with Gasteiger partial charge in [-0.2, -0.15) is 0 Å². The fraction of sp³-hybridized carbons (Fsp3) is 0.176. The van der Waals surface area contributed by atoms with Crippen LogP contribution in [0.3, 0.4) is 0 Å². The van der Waals surface area contributed by atoms with E-state index in [0.717, 1.165) is 23.3 Å². The van der Waals surface area contributed by atoms with E-state index in [0.29, 0.717) is 11.8 Å². The van der Waals surface area contributed by atoms with Crippen LogP contribution in [0, 0.1) is 25.5 Å². The van der Waals surface area contributed by atoms with E-state index in [1.54, 1.807) is 12.1 Å². The molecular weight excluding hydrogens is 304 g/mol. The smallest absolute Gasteiger partial charge is 0.341 e. The van der Waals surface area contributed by atoms with Crippen LogP contribution in [-0.2, 0) is 9.53 Å². The lowest BCUT2D eigenvalue weighted by atomic mass is 10.1. The molecule has 4 nitrogen and oxygen atoms in total. The first kappa shape index (κ1) is 16.6. The number of esters is 1. The number of amides is 1. The molecule has 23 heavy (non-hydrogen) atoms. The van der Waals surface area contributed by atoms with Crippen molar-refractivity contribution in [3.8, 4) is 0 Å². The highest BCUT2D eigenvalue weighted by molar-refractivity contribution is 5.95. The number of aryl methyl sites for hydroxylation is 2. The van der Waals surface area contributed by atoms with E-state index >= 15 is 0 Å².